The normalized spacial score (nSPS) is 22.2. The van der Waals surface area contributed by atoms with E-state index in [0.29, 0.717) is 0 Å². The third-order valence-corrected chi connectivity index (χ3v) is 5.94. The maximum Gasteiger partial charge on any atom is 0.317 e. The fraction of sp³-hybridized carbons (Fsp3) is 0.600. The molecule has 1 heterocycles. The molecule has 1 amide bonds. The van der Waals surface area contributed by atoms with Crippen LogP contribution in [0.2, 0.25) is 0 Å². The zero-order valence-corrected chi connectivity index (χ0v) is 15.1. The van der Waals surface area contributed by atoms with E-state index in [2.05, 4.69) is 21.2 Å². The van der Waals surface area contributed by atoms with Crippen molar-refractivity contribution in [2.45, 2.75) is 44.7 Å². The number of amides is 1. The Bertz CT molecular complexity index is 543. The molecule has 0 radical (unpaired) electrons. The van der Waals surface area contributed by atoms with Crippen molar-refractivity contribution in [1.82, 2.24) is 10.2 Å². The molecule has 0 saturated heterocycles. The molecule has 1 saturated carbocycles. The number of hydrogen-bond donors (Lipinski definition) is 2. The first-order valence-electron chi connectivity index (χ1n) is 7.42. The summed E-state index contributed by atoms with van der Waals surface area (Å²) >= 11 is 4.98. The van der Waals surface area contributed by atoms with Crippen LogP contribution in [-0.4, -0.2) is 47.1 Å². The number of likely N-dealkylation sites (N-methyl/N-ethyl adjacent to an activating group) is 1. The van der Waals surface area contributed by atoms with Gasteiger partial charge >= 0.3 is 5.97 Å². The Morgan fingerprint density at radius 2 is 2.18 bits per heavy atom. The Balaban J connectivity index is 1.79. The van der Waals surface area contributed by atoms with Crippen molar-refractivity contribution in [3.8, 4) is 0 Å². The molecule has 0 bridgehead atoms. The lowest BCUT2D eigenvalue weighted by Gasteiger charge is -2.42. The number of thiophene rings is 1. The van der Waals surface area contributed by atoms with Gasteiger partial charge in [0.2, 0.25) is 5.91 Å². The second kappa shape index (κ2) is 7.57. The van der Waals surface area contributed by atoms with Crippen molar-refractivity contribution < 1.29 is 14.7 Å². The highest BCUT2D eigenvalue weighted by molar-refractivity contribution is 9.11. The van der Waals surface area contributed by atoms with Crippen LogP contribution in [0.1, 0.15) is 37.5 Å². The SMILES string of the molecule is CCN(CC(=O)O)C1CC(NC(=O)C(C)c2ccc(Br)s2)C1. The number of carbonyl (C=O) groups is 2. The quantitative estimate of drug-likeness (QED) is 0.753. The average Bonchev–Trinajstić information content (AvgIpc) is 2.85. The predicted molar refractivity (Wildman–Crippen MR) is 90.3 cm³/mol. The van der Waals surface area contributed by atoms with Gasteiger partial charge in [-0.1, -0.05) is 6.92 Å². The van der Waals surface area contributed by atoms with Crippen LogP contribution >= 0.6 is 27.3 Å². The topological polar surface area (TPSA) is 69.6 Å². The van der Waals surface area contributed by atoms with Gasteiger partial charge in [0.25, 0.3) is 0 Å². The summed E-state index contributed by atoms with van der Waals surface area (Å²) in [6.07, 6.45) is 1.65. The maximum absolute atomic E-state index is 12.3. The Labute approximate surface area is 142 Å². The van der Waals surface area contributed by atoms with Crippen LogP contribution in [-0.2, 0) is 9.59 Å². The van der Waals surface area contributed by atoms with Gasteiger partial charge in [-0.3, -0.25) is 14.5 Å². The second-order valence-electron chi connectivity index (χ2n) is 5.65. The highest BCUT2D eigenvalue weighted by Gasteiger charge is 2.35. The summed E-state index contributed by atoms with van der Waals surface area (Å²) in [5.74, 6) is -0.915. The van der Waals surface area contributed by atoms with Gasteiger partial charge < -0.3 is 10.4 Å². The maximum atomic E-state index is 12.3. The highest BCUT2D eigenvalue weighted by Crippen LogP contribution is 2.30. The lowest BCUT2D eigenvalue weighted by atomic mass is 9.85. The zero-order chi connectivity index (χ0) is 16.3. The van der Waals surface area contributed by atoms with Gasteiger partial charge in [-0.25, -0.2) is 0 Å². The molecule has 1 aliphatic rings. The summed E-state index contributed by atoms with van der Waals surface area (Å²) in [5, 5.41) is 11.9. The first-order valence-corrected chi connectivity index (χ1v) is 9.03. The van der Waals surface area contributed by atoms with Crippen molar-refractivity contribution in [1.29, 1.82) is 0 Å². The van der Waals surface area contributed by atoms with Gasteiger partial charge in [0, 0.05) is 17.0 Å². The third kappa shape index (κ3) is 4.30. The van der Waals surface area contributed by atoms with Crippen molar-refractivity contribution in [2.24, 2.45) is 0 Å². The first kappa shape index (κ1) is 17.4. The first-order chi connectivity index (χ1) is 10.4. The van der Waals surface area contributed by atoms with Crippen LogP contribution in [0.4, 0.5) is 0 Å². The lowest BCUT2D eigenvalue weighted by Crippen LogP contribution is -2.55. The smallest absolute Gasteiger partial charge is 0.317 e. The van der Waals surface area contributed by atoms with Crippen molar-refractivity contribution >= 4 is 39.1 Å². The molecule has 122 valence electrons. The molecule has 2 N–H and O–H groups in total. The second-order valence-corrected chi connectivity index (χ2v) is 8.15. The summed E-state index contributed by atoms with van der Waals surface area (Å²) in [6, 6.07) is 4.34. The minimum Gasteiger partial charge on any atom is -0.480 e. The predicted octanol–water partition coefficient (Wildman–Crippen LogP) is 2.67. The molecule has 1 fully saturated rings. The number of carboxylic acids is 1. The minimum atomic E-state index is -0.800. The number of carbonyl (C=O) groups excluding carboxylic acids is 1. The van der Waals surface area contributed by atoms with Crippen LogP contribution in [0.25, 0.3) is 0 Å². The number of halogens is 1. The van der Waals surface area contributed by atoms with Crippen LogP contribution in [0.15, 0.2) is 15.9 Å². The summed E-state index contributed by atoms with van der Waals surface area (Å²) in [6.45, 7) is 4.66. The Morgan fingerprint density at radius 1 is 1.50 bits per heavy atom. The summed E-state index contributed by atoms with van der Waals surface area (Å²) in [7, 11) is 0. The number of aliphatic carboxylic acids is 1. The molecule has 7 heteroatoms. The van der Waals surface area contributed by atoms with Crippen molar-refractivity contribution in [2.75, 3.05) is 13.1 Å². The van der Waals surface area contributed by atoms with E-state index in [1.807, 2.05) is 30.9 Å². The number of hydrogen-bond acceptors (Lipinski definition) is 4. The van der Waals surface area contributed by atoms with E-state index < -0.39 is 5.97 Å². The van der Waals surface area contributed by atoms with Gasteiger partial charge in [0.1, 0.15) is 0 Å². The molecule has 0 aromatic carbocycles. The van der Waals surface area contributed by atoms with Gasteiger partial charge in [0.05, 0.1) is 16.2 Å². The highest BCUT2D eigenvalue weighted by atomic mass is 79.9. The summed E-state index contributed by atoms with van der Waals surface area (Å²) in [5.41, 5.74) is 0. The van der Waals surface area contributed by atoms with Crippen LogP contribution in [0.3, 0.4) is 0 Å². The summed E-state index contributed by atoms with van der Waals surface area (Å²) in [4.78, 5) is 26.1. The van der Waals surface area contributed by atoms with Gasteiger partial charge in [-0.15, -0.1) is 11.3 Å². The fourth-order valence-electron chi connectivity index (χ4n) is 2.69. The molecule has 5 nitrogen and oxygen atoms in total. The van der Waals surface area contributed by atoms with E-state index >= 15 is 0 Å². The number of nitrogens with zero attached hydrogens (tertiary/aromatic N) is 1. The van der Waals surface area contributed by atoms with Gasteiger partial charge in [-0.2, -0.15) is 0 Å². The van der Waals surface area contributed by atoms with Crippen LogP contribution in [0.5, 0.6) is 0 Å². The zero-order valence-electron chi connectivity index (χ0n) is 12.7. The molecule has 1 atom stereocenters. The van der Waals surface area contributed by atoms with E-state index in [0.717, 1.165) is 28.0 Å². The monoisotopic (exact) mass is 388 g/mol. The van der Waals surface area contributed by atoms with E-state index in [1.54, 1.807) is 11.3 Å². The lowest BCUT2D eigenvalue weighted by molar-refractivity contribution is -0.139. The molecule has 1 aromatic rings. The number of nitrogens with one attached hydrogen (secondary N) is 1. The Hall–Kier alpha value is -0.920. The molecule has 0 aliphatic heterocycles. The Morgan fingerprint density at radius 3 is 2.68 bits per heavy atom. The Kier molecular flexibility index (Phi) is 6.00. The van der Waals surface area contributed by atoms with Gasteiger partial charge in [0.15, 0.2) is 0 Å². The molecule has 1 aromatic heterocycles. The molecule has 0 spiro atoms. The van der Waals surface area contributed by atoms with Gasteiger partial charge in [-0.05, 0) is 54.4 Å². The summed E-state index contributed by atoms with van der Waals surface area (Å²) < 4.78 is 1.03. The molecule has 1 unspecified atom stereocenters. The van der Waals surface area contributed by atoms with Crippen molar-refractivity contribution in [3.05, 3.63) is 20.8 Å². The molecule has 2 rings (SSSR count). The fourth-order valence-corrected chi connectivity index (χ4v) is 4.17. The molecular formula is C15H21BrN2O3S. The standard InChI is InChI=1S/C15H21BrN2O3S/c1-3-18(8-14(19)20)11-6-10(7-11)17-15(21)9(2)12-4-5-13(16)22-12/h4-5,9-11H,3,6-8H2,1-2H3,(H,17,21)(H,19,20). The largest absolute Gasteiger partial charge is 0.480 e. The molecular weight excluding hydrogens is 368 g/mol. The van der Waals surface area contributed by atoms with Crippen molar-refractivity contribution in [3.63, 3.8) is 0 Å². The van der Waals surface area contributed by atoms with E-state index in [9.17, 15) is 9.59 Å². The van der Waals surface area contributed by atoms with E-state index in [-0.39, 0.29) is 30.5 Å². The minimum absolute atomic E-state index is 0.0408. The average molecular weight is 389 g/mol. The van der Waals surface area contributed by atoms with E-state index in [4.69, 9.17) is 5.11 Å². The third-order valence-electron chi connectivity index (χ3n) is 4.13. The van der Waals surface area contributed by atoms with E-state index in [1.165, 1.54) is 0 Å². The number of rotatable bonds is 7. The van der Waals surface area contributed by atoms with Crippen LogP contribution < -0.4 is 5.32 Å². The molecule has 1 aliphatic carbocycles. The number of carboxylic acid groups (broad SMARTS) is 1. The molecule has 22 heavy (non-hydrogen) atoms. The van der Waals surface area contributed by atoms with Crippen LogP contribution in [0, 0.1) is 0 Å².